The molecule has 1 spiro atoms. The Hall–Kier alpha value is -0.840. The fourth-order valence-corrected chi connectivity index (χ4v) is 7.85. The minimum absolute atomic E-state index is 0.0442. The summed E-state index contributed by atoms with van der Waals surface area (Å²) in [5.74, 6) is 0.517. The van der Waals surface area contributed by atoms with E-state index in [1.807, 2.05) is 0 Å². The zero-order valence-corrected chi connectivity index (χ0v) is 14.5. The Balaban J connectivity index is 1.54. The van der Waals surface area contributed by atoms with E-state index in [-0.39, 0.29) is 35.2 Å². The Kier molecular flexibility index (Phi) is 3.08. The summed E-state index contributed by atoms with van der Waals surface area (Å²) in [7, 11) is 0. The van der Waals surface area contributed by atoms with Gasteiger partial charge in [0, 0.05) is 6.42 Å². The molecule has 0 aromatic heterocycles. The van der Waals surface area contributed by atoms with Crippen LogP contribution in [0.25, 0.3) is 0 Å². The molecular weight excluding hydrogens is 329 g/mol. The van der Waals surface area contributed by atoms with Gasteiger partial charge in [-0.05, 0) is 79.4 Å². The first-order valence-electron chi connectivity index (χ1n) is 9.71. The molecule has 138 valence electrons. The summed E-state index contributed by atoms with van der Waals surface area (Å²) in [5, 5.41) is 10.6. The molecule has 0 heterocycles. The topological polar surface area (TPSA) is 37.3 Å². The number of rotatable bonds is 0. The second-order valence-electron chi connectivity index (χ2n) is 9.42. The van der Waals surface area contributed by atoms with Gasteiger partial charge in [0.15, 0.2) is 5.78 Å². The molecule has 0 unspecified atom stereocenters. The third-order valence-corrected chi connectivity index (χ3v) is 8.89. The van der Waals surface area contributed by atoms with Crippen LogP contribution in [-0.2, 0) is 4.79 Å². The van der Waals surface area contributed by atoms with E-state index in [9.17, 15) is 23.1 Å². The maximum atomic E-state index is 13.5. The average Bonchev–Trinajstić information content (AvgIpc) is 3.18. The summed E-state index contributed by atoms with van der Waals surface area (Å²) in [6.07, 6.45) is 0.920. The van der Waals surface area contributed by atoms with Gasteiger partial charge in [-0.15, -0.1) is 0 Å². The number of fused-ring (bicyclic) bond motifs is 3. The highest BCUT2D eigenvalue weighted by atomic mass is 19.4. The first kappa shape index (κ1) is 16.3. The van der Waals surface area contributed by atoms with Crippen molar-refractivity contribution in [3.63, 3.8) is 0 Å². The van der Waals surface area contributed by atoms with Crippen LogP contribution in [0.5, 0.6) is 0 Å². The van der Waals surface area contributed by atoms with Crippen molar-refractivity contribution < 1.29 is 23.1 Å². The molecule has 0 aromatic carbocycles. The fraction of sp³-hybridized carbons (Fsp3) is 0.850. The van der Waals surface area contributed by atoms with Crippen molar-refractivity contribution in [2.24, 2.45) is 34.5 Å². The van der Waals surface area contributed by atoms with Crippen molar-refractivity contribution >= 4 is 5.78 Å². The summed E-state index contributed by atoms with van der Waals surface area (Å²) in [6.45, 7) is 2.22. The number of carbonyl (C=O) groups excluding carboxylic acids is 1. The maximum Gasteiger partial charge on any atom is 0.419 e. The summed E-state index contributed by atoms with van der Waals surface area (Å²) in [6, 6.07) is 0. The maximum absolute atomic E-state index is 13.5. The molecule has 5 aliphatic carbocycles. The predicted molar refractivity (Wildman–Crippen MR) is 85.5 cm³/mol. The number of aliphatic hydroxyl groups is 1. The summed E-state index contributed by atoms with van der Waals surface area (Å²) < 4.78 is 40.5. The van der Waals surface area contributed by atoms with E-state index < -0.39 is 17.5 Å². The van der Waals surface area contributed by atoms with Gasteiger partial charge in [-0.3, -0.25) is 4.79 Å². The highest BCUT2D eigenvalue weighted by molar-refractivity contribution is 5.98. The van der Waals surface area contributed by atoms with Gasteiger partial charge in [-0.2, -0.15) is 13.2 Å². The van der Waals surface area contributed by atoms with Gasteiger partial charge in [0.2, 0.25) is 0 Å². The Morgan fingerprint density at radius 3 is 2.64 bits per heavy atom. The molecule has 0 aromatic rings. The normalized spacial score (nSPS) is 51.6. The molecule has 25 heavy (non-hydrogen) atoms. The van der Waals surface area contributed by atoms with E-state index in [4.69, 9.17) is 0 Å². The Bertz CT molecular complexity index is 681. The number of hydrogen-bond donors (Lipinski definition) is 1. The van der Waals surface area contributed by atoms with Crippen LogP contribution in [0.2, 0.25) is 0 Å². The molecule has 7 atom stereocenters. The van der Waals surface area contributed by atoms with E-state index in [0.29, 0.717) is 30.3 Å². The molecule has 0 bridgehead atoms. The number of alkyl halides is 3. The van der Waals surface area contributed by atoms with Crippen LogP contribution in [0.3, 0.4) is 0 Å². The summed E-state index contributed by atoms with van der Waals surface area (Å²) in [5.41, 5.74) is -0.273. The monoisotopic (exact) mass is 354 g/mol. The van der Waals surface area contributed by atoms with Gasteiger partial charge < -0.3 is 5.11 Å². The number of Topliss-reactive ketones (excluding diaryl/α,β-unsaturated/α-hetero) is 1. The molecule has 0 radical (unpaired) electrons. The molecule has 4 fully saturated rings. The quantitative estimate of drug-likeness (QED) is 0.699. The number of aliphatic hydroxyl groups excluding tert-OH is 1. The number of allylic oxidation sites excluding steroid dienone is 1. The van der Waals surface area contributed by atoms with Crippen molar-refractivity contribution in [1.29, 1.82) is 0 Å². The Morgan fingerprint density at radius 2 is 1.92 bits per heavy atom. The smallest absolute Gasteiger partial charge is 0.393 e. The van der Waals surface area contributed by atoms with E-state index in [2.05, 4.69) is 6.92 Å². The second-order valence-corrected chi connectivity index (χ2v) is 9.42. The molecule has 5 aliphatic rings. The zero-order valence-electron chi connectivity index (χ0n) is 14.5. The van der Waals surface area contributed by atoms with E-state index in [1.54, 1.807) is 0 Å². The predicted octanol–water partition coefficient (Wildman–Crippen LogP) is 4.42. The highest BCUT2D eigenvalue weighted by Gasteiger charge is 2.77. The molecule has 2 nitrogen and oxygen atoms in total. The lowest BCUT2D eigenvalue weighted by atomic mass is 9.49. The molecule has 1 N–H and O–H groups in total. The van der Waals surface area contributed by atoms with Crippen LogP contribution in [0, 0.1) is 34.5 Å². The molecule has 5 heteroatoms. The first-order chi connectivity index (χ1) is 11.7. The largest absolute Gasteiger partial charge is 0.419 e. The van der Waals surface area contributed by atoms with Crippen molar-refractivity contribution in [1.82, 2.24) is 0 Å². The van der Waals surface area contributed by atoms with Gasteiger partial charge in [-0.25, -0.2) is 0 Å². The van der Waals surface area contributed by atoms with Crippen LogP contribution < -0.4 is 0 Å². The van der Waals surface area contributed by atoms with Crippen LogP contribution in [0.1, 0.15) is 58.3 Å². The van der Waals surface area contributed by atoms with Crippen molar-refractivity contribution in [2.75, 3.05) is 0 Å². The zero-order chi connectivity index (χ0) is 17.8. The molecule has 0 amide bonds. The third kappa shape index (κ3) is 1.84. The number of ketones is 1. The van der Waals surface area contributed by atoms with Crippen LogP contribution in [-0.4, -0.2) is 23.2 Å². The number of halogens is 3. The van der Waals surface area contributed by atoms with Gasteiger partial charge in [-0.1, -0.05) is 12.5 Å². The molecule has 5 rings (SSSR count). The van der Waals surface area contributed by atoms with Crippen LogP contribution in [0.4, 0.5) is 13.2 Å². The number of hydrogen-bond acceptors (Lipinski definition) is 2. The molecule has 0 saturated heterocycles. The minimum Gasteiger partial charge on any atom is -0.393 e. The third-order valence-electron chi connectivity index (χ3n) is 8.89. The van der Waals surface area contributed by atoms with E-state index in [0.717, 1.165) is 32.1 Å². The fourth-order valence-electron chi connectivity index (χ4n) is 7.85. The number of carbonyl (C=O) groups is 1. The summed E-state index contributed by atoms with van der Waals surface area (Å²) >= 11 is 0. The molecule has 4 saturated carbocycles. The lowest BCUT2D eigenvalue weighted by molar-refractivity contribution is -0.133. The van der Waals surface area contributed by atoms with Gasteiger partial charge in [0.25, 0.3) is 0 Å². The Labute approximate surface area is 145 Å². The average molecular weight is 354 g/mol. The molecular formula is C20H25F3O2. The van der Waals surface area contributed by atoms with Gasteiger partial charge in [0.1, 0.15) is 0 Å². The Morgan fingerprint density at radius 1 is 1.16 bits per heavy atom. The van der Waals surface area contributed by atoms with Crippen molar-refractivity contribution in [3.8, 4) is 0 Å². The van der Waals surface area contributed by atoms with Crippen LogP contribution in [0.15, 0.2) is 11.1 Å². The highest BCUT2D eigenvalue weighted by Crippen LogP contribution is 2.81. The van der Waals surface area contributed by atoms with Gasteiger partial charge in [0.05, 0.1) is 11.7 Å². The van der Waals surface area contributed by atoms with Gasteiger partial charge >= 0.3 is 6.18 Å². The lowest BCUT2D eigenvalue weighted by Gasteiger charge is -2.56. The molecule has 0 aliphatic heterocycles. The van der Waals surface area contributed by atoms with Crippen molar-refractivity contribution in [3.05, 3.63) is 11.1 Å². The van der Waals surface area contributed by atoms with Crippen LogP contribution >= 0.6 is 0 Å². The first-order valence-corrected chi connectivity index (χ1v) is 9.71. The second kappa shape index (κ2) is 4.71. The standard InChI is InChI=1S/C20H25F3O2/c1-18-7-6-12-11-3-5-15(24)17(20(21,22)23)13(11)2-4-14(12)19(18)9-10(19)8-16(18)25/h10-12,14,16,25H,2-9H2,1H3/t10-,11-,12-,14-,16-,18-,19+/m1/s1. The van der Waals surface area contributed by atoms with E-state index >= 15 is 0 Å². The SMILES string of the molecule is C[C@]12CC[C@H]3[C@@H](CCC4=C(C(F)(F)F)C(=O)CC[C@@H]43)[C@@]13C[C@H]3C[C@H]2O. The lowest BCUT2D eigenvalue weighted by Crippen LogP contribution is -2.51. The van der Waals surface area contributed by atoms with Crippen molar-refractivity contribution in [2.45, 2.75) is 70.6 Å². The summed E-state index contributed by atoms with van der Waals surface area (Å²) in [4.78, 5) is 12.0. The minimum atomic E-state index is -4.51. The van der Waals surface area contributed by atoms with E-state index in [1.165, 1.54) is 0 Å².